The van der Waals surface area contributed by atoms with Crippen LogP contribution in [0, 0.1) is 0 Å². The Balaban J connectivity index is 1.79. The second-order valence-corrected chi connectivity index (χ2v) is 7.52. The van der Waals surface area contributed by atoms with E-state index in [-0.39, 0.29) is 11.6 Å². The zero-order valence-corrected chi connectivity index (χ0v) is 18.5. The van der Waals surface area contributed by atoms with E-state index in [1.54, 1.807) is 67.6 Å². The van der Waals surface area contributed by atoms with Crippen molar-refractivity contribution >= 4 is 40.4 Å². The van der Waals surface area contributed by atoms with Gasteiger partial charge in [-0.25, -0.2) is 4.90 Å². The van der Waals surface area contributed by atoms with Crippen LogP contribution in [-0.4, -0.2) is 31.9 Å². The minimum absolute atomic E-state index is 0.202. The number of rotatable bonds is 6. The Morgan fingerprint density at radius 1 is 0.879 bits per heavy atom. The summed E-state index contributed by atoms with van der Waals surface area (Å²) in [5.74, 6) is -0.398. The fourth-order valence-corrected chi connectivity index (χ4v) is 3.76. The molecule has 4 rings (SSSR count). The van der Waals surface area contributed by atoms with Crippen LogP contribution in [0.25, 0.3) is 5.57 Å². The van der Waals surface area contributed by atoms with E-state index >= 15 is 0 Å². The Bertz CT molecular complexity index is 1230. The summed E-state index contributed by atoms with van der Waals surface area (Å²) in [5, 5.41) is 2.68. The van der Waals surface area contributed by atoms with Gasteiger partial charge in [0, 0.05) is 25.3 Å². The van der Waals surface area contributed by atoms with Gasteiger partial charge in [0.15, 0.2) is 0 Å². The van der Waals surface area contributed by atoms with Crippen molar-refractivity contribution in [1.82, 2.24) is 0 Å². The minimum atomic E-state index is -0.426. The number of methoxy groups -OCH3 is 1. The van der Waals surface area contributed by atoms with Crippen LogP contribution in [0.5, 0.6) is 5.75 Å². The van der Waals surface area contributed by atoms with Gasteiger partial charge in [0.1, 0.15) is 11.4 Å². The summed E-state index contributed by atoms with van der Waals surface area (Å²) in [6.07, 6.45) is 0. The van der Waals surface area contributed by atoms with Crippen molar-refractivity contribution in [2.45, 2.75) is 6.92 Å². The summed E-state index contributed by atoms with van der Waals surface area (Å²) in [6.45, 7) is 1.41. The van der Waals surface area contributed by atoms with E-state index in [2.05, 4.69) is 5.32 Å². The van der Waals surface area contributed by atoms with Gasteiger partial charge in [-0.1, -0.05) is 30.3 Å². The highest BCUT2D eigenvalue weighted by molar-refractivity contribution is 6.46. The molecule has 33 heavy (non-hydrogen) atoms. The molecule has 1 heterocycles. The number of nitrogens with zero attached hydrogens (tertiary/aromatic N) is 2. The van der Waals surface area contributed by atoms with Gasteiger partial charge in [-0.15, -0.1) is 0 Å². The minimum Gasteiger partial charge on any atom is -0.497 e. The second kappa shape index (κ2) is 9.00. The van der Waals surface area contributed by atoms with Crippen LogP contribution in [-0.2, 0) is 14.4 Å². The molecule has 166 valence electrons. The summed E-state index contributed by atoms with van der Waals surface area (Å²) < 4.78 is 5.23. The monoisotopic (exact) mass is 441 g/mol. The Morgan fingerprint density at radius 2 is 1.52 bits per heavy atom. The van der Waals surface area contributed by atoms with E-state index in [0.717, 1.165) is 10.6 Å². The summed E-state index contributed by atoms with van der Waals surface area (Å²) in [6, 6.07) is 23.0. The normalized spacial score (nSPS) is 13.4. The Labute approximate surface area is 191 Å². The van der Waals surface area contributed by atoms with Gasteiger partial charge >= 0.3 is 0 Å². The average molecular weight is 441 g/mol. The smallest absolute Gasteiger partial charge is 0.282 e. The van der Waals surface area contributed by atoms with Gasteiger partial charge in [0.2, 0.25) is 5.91 Å². The molecule has 1 N–H and O–H groups in total. The number of carbonyl (C=O) groups excluding carboxylic acids is 3. The van der Waals surface area contributed by atoms with Crippen molar-refractivity contribution in [3.63, 3.8) is 0 Å². The number of benzene rings is 3. The highest BCUT2D eigenvalue weighted by atomic mass is 16.5. The molecule has 0 spiro atoms. The van der Waals surface area contributed by atoms with Crippen LogP contribution < -0.4 is 19.9 Å². The molecule has 3 aromatic carbocycles. The molecule has 0 atom stereocenters. The van der Waals surface area contributed by atoms with Crippen LogP contribution in [0.3, 0.4) is 0 Å². The van der Waals surface area contributed by atoms with E-state index in [4.69, 9.17) is 4.74 Å². The van der Waals surface area contributed by atoms with Crippen molar-refractivity contribution in [1.29, 1.82) is 0 Å². The number of nitrogens with one attached hydrogen (secondary N) is 1. The van der Waals surface area contributed by atoms with Crippen molar-refractivity contribution in [2.24, 2.45) is 0 Å². The molecule has 0 aliphatic carbocycles. The summed E-state index contributed by atoms with van der Waals surface area (Å²) in [7, 11) is 3.34. The highest BCUT2D eigenvalue weighted by Crippen LogP contribution is 2.36. The first kappa shape index (κ1) is 21.8. The first-order chi connectivity index (χ1) is 15.9. The molecule has 1 aliphatic heterocycles. The lowest BCUT2D eigenvalue weighted by Crippen LogP contribution is -2.34. The molecule has 7 nitrogen and oxygen atoms in total. The van der Waals surface area contributed by atoms with E-state index < -0.39 is 11.8 Å². The third-order valence-electron chi connectivity index (χ3n) is 5.36. The van der Waals surface area contributed by atoms with Gasteiger partial charge in [0.05, 0.1) is 18.4 Å². The van der Waals surface area contributed by atoms with Gasteiger partial charge in [-0.3, -0.25) is 14.4 Å². The predicted molar refractivity (Wildman–Crippen MR) is 128 cm³/mol. The fourth-order valence-electron chi connectivity index (χ4n) is 3.76. The molecule has 0 aromatic heterocycles. The quantitative estimate of drug-likeness (QED) is 0.584. The van der Waals surface area contributed by atoms with Crippen LogP contribution in [0.1, 0.15) is 12.5 Å². The van der Waals surface area contributed by atoms with Crippen molar-refractivity contribution in [2.75, 3.05) is 29.3 Å². The molecule has 0 fully saturated rings. The molecule has 0 saturated heterocycles. The van der Waals surface area contributed by atoms with Crippen molar-refractivity contribution < 1.29 is 19.1 Å². The van der Waals surface area contributed by atoms with Gasteiger partial charge in [-0.05, 0) is 54.1 Å². The maximum absolute atomic E-state index is 13.6. The summed E-state index contributed by atoms with van der Waals surface area (Å²) in [5.41, 5.74) is 2.98. The molecule has 3 amide bonds. The average Bonchev–Trinajstić information content (AvgIpc) is 3.09. The number of imide groups is 1. The SMILES string of the molecule is COc1ccc(C2=C(N(C)c3ccccc3)C(=O)N(c3ccc(NC(C)=O)cc3)C2=O)cc1. The molecule has 3 aromatic rings. The number of hydrogen-bond acceptors (Lipinski definition) is 5. The van der Waals surface area contributed by atoms with Crippen LogP contribution in [0.4, 0.5) is 17.1 Å². The molecule has 1 aliphatic rings. The zero-order chi connectivity index (χ0) is 23.5. The Kier molecular flexibility index (Phi) is 5.95. The lowest BCUT2D eigenvalue weighted by atomic mass is 10.0. The van der Waals surface area contributed by atoms with E-state index in [0.29, 0.717) is 28.3 Å². The molecule has 7 heteroatoms. The second-order valence-electron chi connectivity index (χ2n) is 7.52. The molecule has 0 unspecified atom stereocenters. The Morgan fingerprint density at radius 3 is 2.09 bits per heavy atom. The maximum Gasteiger partial charge on any atom is 0.282 e. The highest BCUT2D eigenvalue weighted by Gasteiger charge is 2.42. The van der Waals surface area contributed by atoms with Gasteiger partial charge in [0.25, 0.3) is 11.8 Å². The topological polar surface area (TPSA) is 79.0 Å². The molecule has 0 saturated carbocycles. The lowest BCUT2D eigenvalue weighted by Gasteiger charge is -2.21. The first-order valence-electron chi connectivity index (χ1n) is 10.3. The summed E-state index contributed by atoms with van der Waals surface area (Å²) >= 11 is 0. The van der Waals surface area contributed by atoms with Crippen LogP contribution in [0.2, 0.25) is 0 Å². The van der Waals surface area contributed by atoms with Gasteiger partial charge < -0.3 is 15.0 Å². The third-order valence-corrected chi connectivity index (χ3v) is 5.36. The number of anilines is 3. The molecular formula is C26H23N3O4. The zero-order valence-electron chi connectivity index (χ0n) is 18.5. The van der Waals surface area contributed by atoms with Gasteiger partial charge in [-0.2, -0.15) is 0 Å². The fraction of sp³-hybridized carbons (Fsp3) is 0.115. The van der Waals surface area contributed by atoms with E-state index in [9.17, 15) is 14.4 Å². The van der Waals surface area contributed by atoms with Crippen molar-refractivity contribution in [3.05, 3.63) is 90.1 Å². The van der Waals surface area contributed by atoms with Crippen molar-refractivity contribution in [3.8, 4) is 5.75 Å². The standard InChI is InChI=1S/C26H23N3O4/c1-17(30)27-19-11-13-21(14-12-19)29-25(31)23(18-9-15-22(33-3)16-10-18)24(26(29)32)28(2)20-7-5-4-6-8-20/h4-16H,1-3H3,(H,27,30). The number of carbonyl (C=O) groups is 3. The first-order valence-corrected chi connectivity index (χ1v) is 10.3. The number of likely N-dealkylation sites (N-methyl/N-ethyl adjacent to an activating group) is 1. The van der Waals surface area contributed by atoms with E-state index in [1.807, 2.05) is 30.3 Å². The summed E-state index contributed by atoms with van der Waals surface area (Å²) in [4.78, 5) is 41.4. The number of amides is 3. The molecular weight excluding hydrogens is 418 g/mol. The number of para-hydroxylation sites is 1. The number of ether oxygens (including phenoxy) is 1. The predicted octanol–water partition coefficient (Wildman–Crippen LogP) is 4.07. The maximum atomic E-state index is 13.6. The van der Waals surface area contributed by atoms with E-state index in [1.165, 1.54) is 6.92 Å². The largest absolute Gasteiger partial charge is 0.497 e. The Hall–Kier alpha value is -4.39. The lowest BCUT2D eigenvalue weighted by molar-refractivity contribution is -0.120. The third kappa shape index (κ3) is 4.21. The molecule has 0 radical (unpaired) electrons. The van der Waals surface area contributed by atoms with Crippen LogP contribution in [0.15, 0.2) is 84.6 Å². The molecule has 0 bridgehead atoms. The van der Waals surface area contributed by atoms with Crippen LogP contribution >= 0.6 is 0 Å². The number of hydrogen-bond donors (Lipinski definition) is 1.